The Balaban J connectivity index is 2.48. The molecule has 1 aromatic heterocycles. The first-order valence-electron chi connectivity index (χ1n) is 5.74. The summed E-state index contributed by atoms with van der Waals surface area (Å²) < 4.78 is 27.9. The van der Waals surface area contributed by atoms with Crippen molar-refractivity contribution in [1.29, 1.82) is 5.26 Å². The number of benzene rings is 1. The summed E-state index contributed by atoms with van der Waals surface area (Å²) >= 11 is 10.4. The summed E-state index contributed by atoms with van der Waals surface area (Å²) in [5.41, 5.74) is 1.12. The summed E-state index contributed by atoms with van der Waals surface area (Å²) in [6.45, 7) is 3.63. The van der Waals surface area contributed by atoms with Crippen molar-refractivity contribution in [1.82, 2.24) is 0 Å². The minimum absolute atomic E-state index is 0.0278. The van der Waals surface area contributed by atoms with Crippen LogP contribution in [0, 0.1) is 25.2 Å². The number of hydrogen-bond donors (Lipinski definition) is 1. The fraction of sp³-hybridized carbons (Fsp3) is 0.154. The minimum atomic E-state index is -3.84. The Morgan fingerprint density at radius 3 is 2.62 bits per heavy atom. The number of halogens is 2. The number of nitrogens with one attached hydrogen (secondary N) is 1. The van der Waals surface area contributed by atoms with Crippen molar-refractivity contribution < 1.29 is 8.42 Å². The van der Waals surface area contributed by atoms with E-state index in [1.807, 2.05) is 13.0 Å². The van der Waals surface area contributed by atoms with Gasteiger partial charge in [-0.25, -0.2) is 8.42 Å². The van der Waals surface area contributed by atoms with Crippen molar-refractivity contribution in [3.63, 3.8) is 0 Å². The van der Waals surface area contributed by atoms with Gasteiger partial charge < -0.3 is 0 Å². The predicted molar refractivity (Wildman–Crippen MR) is 88.5 cm³/mol. The molecule has 2 aromatic rings. The molecule has 4 nitrogen and oxygen atoms in total. The van der Waals surface area contributed by atoms with Crippen LogP contribution in [-0.4, -0.2) is 8.42 Å². The van der Waals surface area contributed by atoms with Gasteiger partial charge in [0, 0.05) is 9.35 Å². The standard InChI is InChI=1S/C13H10BrClN2O2S2/c1-7-8(2)20-13(10(7)6-16)17-21(18,19)12-4-3-9(14)5-11(12)15/h3-5,17H,1-2H3. The average Bonchev–Trinajstić information content (AvgIpc) is 2.63. The molecule has 0 aliphatic rings. The van der Waals surface area contributed by atoms with E-state index in [1.54, 1.807) is 13.0 Å². The SMILES string of the molecule is Cc1sc(NS(=O)(=O)c2ccc(Br)cc2Cl)c(C#N)c1C. The number of nitriles is 1. The lowest BCUT2D eigenvalue weighted by Gasteiger charge is -2.08. The number of aryl methyl sites for hydroxylation is 1. The van der Waals surface area contributed by atoms with Gasteiger partial charge in [-0.2, -0.15) is 5.26 Å². The van der Waals surface area contributed by atoms with Crippen LogP contribution in [0.1, 0.15) is 16.0 Å². The highest BCUT2D eigenvalue weighted by Crippen LogP contribution is 2.34. The van der Waals surface area contributed by atoms with Crippen LogP contribution < -0.4 is 4.72 Å². The fourth-order valence-electron chi connectivity index (χ4n) is 1.70. The highest BCUT2D eigenvalue weighted by atomic mass is 79.9. The van der Waals surface area contributed by atoms with Gasteiger partial charge in [-0.3, -0.25) is 4.72 Å². The van der Waals surface area contributed by atoms with Crippen molar-refractivity contribution in [2.75, 3.05) is 4.72 Å². The van der Waals surface area contributed by atoms with E-state index in [0.717, 1.165) is 10.4 Å². The number of nitrogens with zero attached hydrogens (tertiary/aromatic N) is 1. The van der Waals surface area contributed by atoms with Crippen LogP contribution in [0.3, 0.4) is 0 Å². The van der Waals surface area contributed by atoms with E-state index in [0.29, 0.717) is 15.0 Å². The molecule has 0 spiro atoms. The molecule has 1 heterocycles. The third-order valence-electron chi connectivity index (χ3n) is 2.91. The molecule has 0 aliphatic carbocycles. The topological polar surface area (TPSA) is 70.0 Å². The zero-order valence-electron chi connectivity index (χ0n) is 11.1. The minimum Gasteiger partial charge on any atom is -0.269 e. The van der Waals surface area contributed by atoms with E-state index in [1.165, 1.54) is 23.5 Å². The van der Waals surface area contributed by atoms with Crippen molar-refractivity contribution in [3.8, 4) is 6.07 Å². The normalized spacial score (nSPS) is 11.2. The van der Waals surface area contributed by atoms with Crippen molar-refractivity contribution in [3.05, 3.63) is 43.7 Å². The molecule has 2 rings (SSSR count). The van der Waals surface area contributed by atoms with Gasteiger partial charge in [-0.1, -0.05) is 27.5 Å². The van der Waals surface area contributed by atoms with E-state index >= 15 is 0 Å². The van der Waals surface area contributed by atoms with Crippen LogP contribution in [0.15, 0.2) is 27.6 Å². The van der Waals surface area contributed by atoms with Gasteiger partial charge in [0.1, 0.15) is 16.0 Å². The van der Waals surface area contributed by atoms with E-state index < -0.39 is 10.0 Å². The van der Waals surface area contributed by atoms with Gasteiger partial charge in [-0.05, 0) is 37.6 Å². The molecule has 21 heavy (non-hydrogen) atoms. The number of sulfonamides is 1. The van der Waals surface area contributed by atoms with Gasteiger partial charge in [-0.15, -0.1) is 11.3 Å². The summed E-state index contributed by atoms with van der Waals surface area (Å²) in [5, 5.41) is 9.58. The number of rotatable bonds is 3. The second-order valence-corrected chi connectivity index (χ2v) is 8.48. The van der Waals surface area contributed by atoms with E-state index in [-0.39, 0.29) is 9.92 Å². The molecule has 1 N–H and O–H groups in total. The third kappa shape index (κ3) is 3.24. The smallest absolute Gasteiger partial charge is 0.264 e. The zero-order valence-corrected chi connectivity index (χ0v) is 15.0. The summed E-state index contributed by atoms with van der Waals surface area (Å²) in [6, 6.07) is 6.54. The first-order valence-corrected chi connectivity index (χ1v) is 9.21. The Kier molecular flexibility index (Phi) is 4.63. The lowest BCUT2D eigenvalue weighted by Crippen LogP contribution is -2.13. The monoisotopic (exact) mass is 404 g/mol. The highest BCUT2D eigenvalue weighted by molar-refractivity contribution is 9.10. The summed E-state index contributed by atoms with van der Waals surface area (Å²) in [7, 11) is -3.84. The molecule has 0 saturated heterocycles. The molecule has 0 fully saturated rings. The Morgan fingerprint density at radius 1 is 1.38 bits per heavy atom. The Hall–Kier alpha value is -1.07. The second-order valence-electron chi connectivity index (χ2n) is 4.28. The highest BCUT2D eigenvalue weighted by Gasteiger charge is 2.22. The van der Waals surface area contributed by atoms with Gasteiger partial charge in [0.2, 0.25) is 0 Å². The molecule has 0 bridgehead atoms. The first kappa shape index (κ1) is 16.3. The maximum absolute atomic E-state index is 12.4. The molecule has 0 radical (unpaired) electrons. The van der Waals surface area contributed by atoms with Gasteiger partial charge in [0.25, 0.3) is 10.0 Å². The predicted octanol–water partition coefficient (Wildman–Crippen LogP) is 4.45. The van der Waals surface area contributed by atoms with E-state index in [2.05, 4.69) is 20.7 Å². The zero-order chi connectivity index (χ0) is 15.8. The second kappa shape index (κ2) is 5.97. The van der Waals surface area contributed by atoms with Crippen LogP contribution >= 0.6 is 38.9 Å². The summed E-state index contributed by atoms with van der Waals surface area (Å²) in [6.07, 6.45) is 0. The van der Waals surface area contributed by atoms with E-state index in [4.69, 9.17) is 16.9 Å². The van der Waals surface area contributed by atoms with Gasteiger partial charge >= 0.3 is 0 Å². The van der Waals surface area contributed by atoms with Crippen molar-refractivity contribution >= 4 is 53.9 Å². The quantitative estimate of drug-likeness (QED) is 0.820. The average molecular weight is 406 g/mol. The molecular formula is C13H10BrClN2O2S2. The maximum atomic E-state index is 12.4. The third-order valence-corrected chi connectivity index (χ3v) is 6.49. The van der Waals surface area contributed by atoms with Crippen LogP contribution in [-0.2, 0) is 10.0 Å². The molecule has 0 amide bonds. The van der Waals surface area contributed by atoms with Crippen molar-refractivity contribution in [2.45, 2.75) is 18.7 Å². The van der Waals surface area contributed by atoms with Crippen LogP contribution in [0.25, 0.3) is 0 Å². The number of hydrogen-bond acceptors (Lipinski definition) is 4. The summed E-state index contributed by atoms with van der Waals surface area (Å²) in [4.78, 5) is 0.867. The number of thiophene rings is 1. The van der Waals surface area contributed by atoms with Crippen molar-refractivity contribution in [2.24, 2.45) is 0 Å². The Labute approximate surface area is 140 Å². The molecule has 0 unspecified atom stereocenters. The largest absolute Gasteiger partial charge is 0.269 e. The first-order chi connectivity index (χ1) is 9.76. The van der Waals surface area contributed by atoms with E-state index in [9.17, 15) is 8.42 Å². The number of anilines is 1. The van der Waals surface area contributed by atoms with Crippen LogP contribution in [0.2, 0.25) is 5.02 Å². The lowest BCUT2D eigenvalue weighted by atomic mass is 10.2. The maximum Gasteiger partial charge on any atom is 0.264 e. The molecule has 110 valence electrons. The van der Waals surface area contributed by atoms with Crippen LogP contribution in [0.4, 0.5) is 5.00 Å². The van der Waals surface area contributed by atoms with Crippen LogP contribution in [0.5, 0.6) is 0 Å². The van der Waals surface area contributed by atoms with Gasteiger partial charge in [0.15, 0.2) is 0 Å². The Morgan fingerprint density at radius 2 is 2.05 bits per heavy atom. The lowest BCUT2D eigenvalue weighted by molar-refractivity contribution is 0.601. The molecule has 8 heteroatoms. The Bertz CT molecular complexity index is 854. The summed E-state index contributed by atoms with van der Waals surface area (Å²) in [5.74, 6) is 0. The molecule has 0 aliphatic heterocycles. The molecule has 0 saturated carbocycles. The molecular weight excluding hydrogens is 396 g/mol. The molecule has 0 atom stereocenters. The fourth-order valence-corrected chi connectivity index (χ4v) is 5.06. The molecule has 1 aromatic carbocycles. The van der Waals surface area contributed by atoms with Gasteiger partial charge in [0.05, 0.1) is 10.6 Å².